The second-order valence-corrected chi connectivity index (χ2v) is 3.00. The SMILES string of the molecule is C=CC(CC)CC(N)C(=O)OCC. The molecule has 3 heteroatoms. The van der Waals surface area contributed by atoms with E-state index in [2.05, 4.69) is 6.58 Å². The van der Waals surface area contributed by atoms with Crippen molar-refractivity contribution in [3.8, 4) is 0 Å². The Morgan fingerprint density at radius 3 is 2.62 bits per heavy atom. The van der Waals surface area contributed by atoms with E-state index < -0.39 is 6.04 Å². The second kappa shape index (κ2) is 6.66. The lowest BCUT2D eigenvalue weighted by molar-refractivity contribution is -0.145. The van der Waals surface area contributed by atoms with Crippen molar-refractivity contribution in [3.05, 3.63) is 12.7 Å². The van der Waals surface area contributed by atoms with Gasteiger partial charge >= 0.3 is 5.97 Å². The van der Waals surface area contributed by atoms with Gasteiger partial charge in [0.15, 0.2) is 0 Å². The van der Waals surface area contributed by atoms with E-state index in [1.807, 2.05) is 13.0 Å². The zero-order valence-corrected chi connectivity index (χ0v) is 8.45. The van der Waals surface area contributed by atoms with Crippen molar-refractivity contribution in [2.45, 2.75) is 32.7 Å². The largest absolute Gasteiger partial charge is 0.465 e. The fourth-order valence-corrected chi connectivity index (χ4v) is 1.10. The van der Waals surface area contributed by atoms with Crippen LogP contribution in [-0.2, 0) is 9.53 Å². The highest BCUT2D eigenvalue weighted by atomic mass is 16.5. The number of hydrogen-bond acceptors (Lipinski definition) is 3. The zero-order chi connectivity index (χ0) is 10.3. The lowest BCUT2D eigenvalue weighted by Crippen LogP contribution is -2.34. The normalized spacial score (nSPS) is 14.7. The molecule has 0 amide bonds. The standard InChI is InChI=1S/C10H19NO2/c1-4-8(5-2)7-9(11)10(12)13-6-3/h4,8-9H,1,5-7,11H2,2-3H3. The molecule has 0 heterocycles. The summed E-state index contributed by atoms with van der Waals surface area (Å²) in [6.45, 7) is 7.89. The molecule has 0 rings (SSSR count). The van der Waals surface area contributed by atoms with Gasteiger partial charge in [-0.3, -0.25) is 4.79 Å². The molecule has 0 spiro atoms. The van der Waals surface area contributed by atoms with Crippen LogP contribution in [0.25, 0.3) is 0 Å². The molecule has 0 radical (unpaired) electrons. The van der Waals surface area contributed by atoms with Crippen LogP contribution in [0.1, 0.15) is 26.7 Å². The Hall–Kier alpha value is -0.830. The minimum Gasteiger partial charge on any atom is -0.465 e. The second-order valence-electron chi connectivity index (χ2n) is 3.00. The highest BCUT2D eigenvalue weighted by molar-refractivity contribution is 5.75. The number of ether oxygens (including phenoxy) is 1. The van der Waals surface area contributed by atoms with Crippen LogP contribution in [0.3, 0.4) is 0 Å². The zero-order valence-electron chi connectivity index (χ0n) is 8.45. The van der Waals surface area contributed by atoms with E-state index in [1.54, 1.807) is 6.92 Å². The molecule has 0 aliphatic carbocycles. The summed E-state index contributed by atoms with van der Waals surface area (Å²) >= 11 is 0. The molecular weight excluding hydrogens is 166 g/mol. The van der Waals surface area contributed by atoms with Gasteiger partial charge in [-0.15, -0.1) is 6.58 Å². The summed E-state index contributed by atoms with van der Waals surface area (Å²) in [5, 5.41) is 0. The molecule has 76 valence electrons. The Bertz CT molecular complexity index is 168. The van der Waals surface area contributed by atoms with Gasteiger partial charge in [0, 0.05) is 0 Å². The first-order valence-electron chi connectivity index (χ1n) is 4.70. The number of carbonyl (C=O) groups is 1. The van der Waals surface area contributed by atoms with E-state index in [9.17, 15) is 4.79 Å². The topological polar surface area (TPSA) is 52.3 Å². The molecule has 2 N–H and O–H groups in total. The maximum absolute atomic E-state index is 11.1. The number of rotatable bonds is 6. The van der Waals surface area contributed by atoms with Crippen LogP contribution in [0.15, 0.2) is 12.7 Å². The third kappa shape index (κ3) is 4.68. The summed E-state index contributed by atoms with van der Waals surface area (Å²) in [4.78, 5) is 11.1. The van der Waals surface area contributed by atoms with E-state index in [1.165, 1.54) is 0 Å². The molecule has 0 aliphatic heterocycles. The van der Waals surface area contributed by atoms with Gasteiger partial charge in [-0.1, -0.05) is 13.0 Å². The maximum Gasteiger partial charge on any atom is 0.322 e. The molecule has 0 aromatic rings. The molecule has 13 heavy (non-hydrogen) atoms. The minimum atomic E-state index is -0.511. The van der Waals surface area contributed by atoms with E-state index in [0.717, 1.165) is 6.42 Å². The fourth-order valence-electron chi connectivity index (χ4n) is 1.10. The van der Waals surface area contributed by atoms with E-state index in [0.29, 0.717) is 18.9 Å². The van der Waals surface area contributed by atoms with Gasteiger partial charge in [0.05, 0.1) is 6.61 Å². The van der Waals surface area contributed by atoms with Crippen LogP contribution < -0.4 is 5.73 Å². The van der Waals surface area contributed by atoms with E-state index >= 15 is 0 Å². The molecule has 2 unspecified atom stereocenters. The molecule has 2 atom stereocenters. The average Bonchev–Trinajstić information content (AvgIpc) is 2.14. The minimum absolute atomic E-state index is 0.305. The van der Waals surface area contributed by atoms with Crippen LogP contribution in [0.4, 0.5) is 0 Å². The molecule has 0 saturated heterocycles. The summed E-state index contributed by atoms with van der Waals surface area (Å²) in [5.41, 5.74) is 5.63. The molecule has 0 aromatic heterocycles. The van der Waals surface area contributed by atoms with Gasteiger partial charge in [0.2, 0.25) is 0 Å². The van der Waals surface area contributed by atoms with Crippen LogP contribution >= 0.6 is 0 Å². The third-order valence-electron chi connectivity index (χ3n) is 2.00. The molecule has 0 saturated carbocycles. The predicted octanol–water partition coefficient (Wildman–Crippen LogP) is 1.48. The first-order valence-corrected chi connectivity index (χ1v) is 4.70. The van der Waals surface area contributed by atoms with Crippen LogP contribution in [0.2, 0.25) is 0 Å². The van der Waals surface area contributed by atoms with Gasteiger partial charge in [-0.25, -0.2) is 0 Å². The van der Waals surface area contributed by atoms with E-state index in [4.69, 9.17) is 10.5 Å². The average molecular weight is 185 g/mol. The van der Waals surface area contributed by atoms with Crippen molar-refractivity contribution in [1.29, 1.82) is 0 Å². The molecule has 0 aliphatic rings. The smallest absolute Gasteiger partial charge is 0.322 e. The summed E-state index contributed by atoms with van der Waals surface area (Å²) in [6, 6.07) is -0.511. The molecule has 0 fully saturated rings. The molecule has 0 aromatic carbocycles. The van der Waals surface area contributed by atoms with Crippen LogP contribution in [0, 0.1) is 5.92 Å². The Balaban J connectivity index is 3.89. The number of allylic oxidation sites excluding steroid dienone is 1. The fraction of sp³-hybridized carbons (Fsp3) is 0.700. The Labute approximate surface area is 79.9 Å². The number of nitrogens with two attached hydrogens (primary N) is 1. The van der Waals surface area contributed by atoms with E-state index in [-0.39, 0.29) is 5.97 Å². The van der Waals surface area contributed by atoms with Crippen LogP contribution in [-0.4, -0.2) is 18.6 Å². The van der Waals surface area contributed by atoms with Crippen molar-refractivity contribution in [1.82, 2.24) is 0 Å². The van der Waals surface area contributed by atoms with Gasteiger partial charge in [-0.2, -0.15) is 0 Å². The molecule has 0 bridgehead atoms. The van der Waals surface area contributed by atoms with Crippen molar-refractivity contribution >= 4 is 5.97 Å². The first-order chi connectivity index (χ1) is 6.15. The van der Waals surface area contributed by atoms with Crippen molar-refractivity contribution < 1.29 is 9.53 Å². The third-order valence-corrected chi connectivity index (χ3v) is 2.00. The van der Waals surface area contributed by atoms with Gasteiger partial charge in [-0.05, 0) is 25.7 Å². The summed E-state index contributed by atoms with van der Waals surface area (Å²) < 4.78 is 4.80. The Morgan fingerprint density at radius 1 is 1.62 bits per heavy atom. The number of esters is 1. The van der Waals surface area contributed by atoms with Crippen molar-refractivity contribution in [2.75, 3.05) is 6.61 Å². The van der Waals surface area contributed by atoms with Gasteiger partial charge in [0.25, 0.3) is 0 Å². The molecular formula is C10H19NO2. The summed E-state index contributed by atoms with van der Waals surface area (Å²) in [5.74, 6) is -0.0118. The number of carbonyl (C=O) groups excluding carboxylic acids is 1. The lowest BCUT2D eigenvalue weighted by Gasteiger charge is -2.14. The predicted molar refractivity (Wildman–Crippen MR) is 53.2 cm³/mol. The quantitative estimate of drug-likeness (QED) is 0.503. The van der Waals surface area contributed by atoms with Crippen molar-refractivity contribution in [3.63, 3.8) is 0 Å². The lowest BCUT2D eigenvalue weighted by atomic mass is 9.98. The van der Waals surface area contributed by atoms with Crippen molar-refractivity contribution in [2.24, 2.45) is 11.7 Å². The molecule has 3 nitrogen and oxygen atoms in total. The monoisotopic (exact) mass is 185 g/mol. The Kier molecular flexibility index (Phi) is 6.24. The number of hydrogen-bond donors (Lipinski definition) is 1. The summed E-state index contributed by atoms with van der Waals surface area (Å²) in [6.07, 6.45) is 3.41. The van der Waals surface area contributed by atoms with Crippen LogP contribution in [0.5, 0.6) is 0 Å². The highest BCUT2D eigenvalue weighted by Gasteiger charge is 2.17. The van der Waals surface area contributed by atoms with Gasteiger partial charge < -0.3 is 10.5 Å². The van der Waals surface area contributed by atoms with Gasteiger partial charge in [0.1, 0.15) is 6.04 Å². The Morgan fingerprint density at radius 2 is 2.23 bits per heavy atom. The highest BCUT2D eigenvalue weighted by Crippen LogP contribution is 2.11. The first kappa shape index (κ1) is 12.2. The maximum atomic E-state index is 11.1. The summed E-state index contributed by atoms with van der Waals surface area (Å²) in [7, 11) is 0.